The van der Waals surface area contributed by atoms with Gasteiger partial charge in [0.2, 0.25) is 11.8 Å². The van der Waals surface area contributed by atoms with Crippen molar-refractivity contribution in [2.45, 2.75) is 232 Å². The molecule has 4 N–H and O–H groups in total. The number of benzene rings is 1. The Morgan fingerprint density at radius 3 is 1.00 bits per heavy atom. The van der Waals surface area contributed by atoms with Crippen molar-refractivity contribution in [1.82, 2.24) is 10.6 Å². The van der Waals surface area contributed by atoms with Crippen molar-refractivity contribution in [1.29, 1.82) is 0 Å². The molecular formula is C44H80N2O4. The van der Waals surface area contributed by atoms with Crippen molar-refractivity contribution in [3.8, 4) is 0 Å². The molecule has 0 bridgehead atoms. The summed E-state index contributed by atoms with van der Waals surface area (Å²) in [5.74, 6) is 0.253. The van der Waals surface area contributed by atoms with Gasteiger partial charge in [0, 0.05) is 25.9 Å². The van der Waals surface area contributed by atoms with Gasteiger partial charge in [-0.15, -0.1) is 0 Å². The Kier molecular flexibility index (Phi) is 31.5. The van der Waals surface area contributed by atoms with Crippen LogP contribution in [0.3, 0.4) is 0 Å². The van der Waals surface area contributed by atoms with Gasteiger partial charge in [-0.3, -0.25) is 9.59 Å². The van der Waals surface area contributed by atoms with Crippen LogP contribution in [0.1, 0.15) is 218 Å². The van der Waals surface area contributed by atoms with Crippen molar-refractivity contribution in [2.75, 3.05) is 0 Å². The fourth-order valence-electron chi connectivity index (χ4n) is 6.77. The zero-order chi connectivity index (χ0) is 36.3. The summed E-state index contributed by atoms with van der Waals surface area (Å²) < 4.78 is 0. The lowest BCUT2D eigenvalue weighted by atomic mass is 10.0. The number of hydrogen-bond donors (Lipinski definition) is 4. The Labute approximate surface area is 308 Å². The van der Waals surface area contributed by atoms with Gasteiger partial charge in [-0.2, -0.15) is 0 Å². The minimum Gasteiger partial charge on any atom is -0.393 e. The number of nitrogens with one attached hydrogen (secondary N) is 2. The van der Waals surface area contributed by atoms with E-state index in [1.165, 1.54) is 128 Å². The Morgan fingerprint density at radius 2 is 0.720 bits per heavy atom. The van der Waals surface area contributed by atoms with E-state index < -0.39 is 0 Å². The van der Waals surface area contributed by atoms with Crippen LogP contribution >= 0.6 is 0 Å². The highest BCUT2D eigenvalue weighted by molar-refractivity contribution is 5.76. The number of carbonyl (C=O) groups is 2. The molecule has 50 heavy (non-hydrogen) atoms. The molecule has 6 heteroatoms. The molecule has 290 valence electrons. The van der Waals surface area contributed by atoms with E-state index in [0.717, 1.165) is 62.5 Å². The lowest BCUT2D eigenvalue weighted by Gasteiger charge is -2.09. The predicted molar refractivity (Wildman–Crippen MR) is 212 cm³/mol. The number of rotatable bonds is 36. The zero-order valence-electron chi connectivity index (χ0n) is 32.8. The summed E-state index contributed by atoms with van der Waals surface area (Å²) >= 11 is 0. The van der Waals surface area contributed by atoms with Gasteiger partial charge in [-0.25, -0.2) is 0 Å². The monoisotopic (exact) mass is 701 g/mol. The van der Waals surface area contributed by atoms with Crippen LogP contribution in [-0.4, -0.2) is 34.2 Å². The maximum Gasteiger partial charge on any atom is 0.220 e. The molecule has 0 heterocycles. The smallest absolute Gasteiger partial charge is 0.220 e. The highest BCUT2D eigenvalue weighted by atomic mass is 16.3. The second-order valence-electron chi connectivity index (χ2n) is 15.3. The van der Waals surface area contributed by atoms with E-state index in [-0.39, 0.29) is 24.0 Å². The maximum atomic E-state index is 12.4. The highest BCUT2D eigenvalue weighted by Gasteiger charge is 2.05. The van der Waals surface area contributed by atoms with Crippen LogP contribution in [0.2, 0.25) is 0 Å². The second kappa shape index (κ2) is 34.2. The van der Waals surface area contributed by atoms with E-state index in [9.17, 15) is 19.8 Å². The first-order valence-corrected chi connectivity index (χ1v) is 21.3. The standard InChI is InChI=1S/C44H80N2O4/c1-39(47)30-25-21-17-13-9-5-3-7-11-15-19-23-27-34-43(49)45-37-41-32-29-33-42(36-41)38-46-44(50)35-28-24-20-16-12-8-4-6-10-14-18-22-26-31-40(2)48/h29,32-33,36,39-40,47-48H,3-28,30-31,34-35,37-38H2,1-2H3,(H,45,49)(H,46,50). The molecule has 0 aliphatic heterocycles. The fraction of sp³-hybridized carbons (Fsp3) is 0.818. The maximum absolute atomic E-state index is 12.4. The lowest BCUT2D eigenvalue weighted by molar-refractivity contribution is -0.122. The first-order valence-electron chi connectivity index (χ1n) is 21.3. The summed E-state index contributed by atoms with van der Waals surface area (Å²) in [5.41, 5.74) is 2.15. The Bertz CT molecular complexity index is 850. The molecule has 0 aromatic heterocycles. The predicted octanol–water partition coefficient (Wildman–Crippen LogP) is 11.4. The van der Waals surface area contributed by atoms with E-state index in [1.54, 1.807) is 0 Å². The minimum absolute atomic E-state index is 0.126. The highest BCUT2D eigenvalue weighted by Crippen LogP contribution is 2.16. The molecule has 0 aliphatic rings. The van der Waals surface area contributed by atoms with Crippen LogP contribution in [-0.2, 0) is 22.7 Å². The number of hydrogen-bond acceptors (Lipinski definition) is 4. The van der Waals surface area contributed by atoms with Gasteiger partial charge in [-0.1, -0.05) is 178 Å². The average Bonchev–Trinajstić information content (AvgIpc) is 3.09. The van der Waals surface area contributed by atoms with Gasteiger partial charge < -0.3 is 20.8 Å². The SMILES string of the molecule is CC(O)CCCCCCCCCCCCCCCC(=O)NCc1cccc(CNC(=O)CCCCCCCCCCCCCCCC(C)O)c1. The average molecular weight is 701 g/mol. The minimum atomic E-state index is -0.144. The van der Waals surface area contributed by atoms with Crippen LogP contribution in [0.5, 0.6) is 0 Å². The molecule has 2 amide bonds. The summed E-state index contributed by atoms with van der Waals surface area (Å²) in [6.07, 6.45) is 35.5. The van der Waals surface area contributed by atoms with E-state index >= 15 is 0 Å². The first kappa shape index (κ1) is 46.1. The van der Waals surface area contributed by atoms with Crippen LogP contribution in [0.25, 0.3) is 0 Å². The molecule has 0 spiro atoms. The molecule has 1 aromatic carbocycles. The molecule has 6 nitrogen and oxygen atoms in total. The largest absolute Gasteiger partial charge is 0.393 e. The van der Waals surface area contributed by atoms with Gasteiger partial charge in [0.15, 0.2) is 0 Å². The molecule has 0 saturated heterocycles. The molecule has 1 rings (SSSR count). The van der Waals surface area contributed by atoms with Gasteiger partial charge in [0.25, 0.3) is 0 Å². The summed E-state index contributed by atoms with van der Waals surface area (Å²) in [7, 11) is 0. The molecule has 2 atom stereocenters. The summed E-state index contributed by atoms with van der Waals surface area (Å²) in [4.78, 5) is 24.7. The normalized spacial score (nSPS) is 12.6. The van der Waals surface area contributed by atoms with Crippen molar-refractivity contribution in [3.63, 3.8) is 0 Å². The summed E-state index contributed by atoms with van der Waals surface area (Å²) in [6, 6.07) is 8.16. The Hall–Kier alpha value is -1.92. The quantitative estimate of drug-likeness (QED) is 0.0524. The number of aliphatic hydroxyl groups excluding tert-OH is 2. The van der Waals surface area contributed by atoms with Crippen LogP contribution in [0, 0.1) is 0 Å². The summed E-state index contributed by atoms with van der Waals surface area (Å²) in [6.45, 7) is 4.83. The van der Waals surface area contributed by atoms with E-state index in [2.05, 4.69) is 16.7 Å². The van der Waals surface area contributed by atoms with Crippen LogP contribution < -0.4 is 10.6 Å². The Morgan fingerprint density at radius 1 is 0.460 bits per heavy atom. The van der Waals surface area contributed by atoms with Gasteiger partial charge >= 0.3 is 0 Å². The summed E-state index contributed by atoms with van der Waals surface area (Å²) in [5, 5.41) is 24.7. The van der Waals surface area contributed by atoms with Crippen molar-refractivity contribution >= 4 is 11.8 Å². The third-order valence-electron chi connectivity index (χ3n) is 10.0. The molecule has 0 aliphatic carbocycles. The topological polar surface area (TPSA) is 98.7 Å². The first-order chi connectivity index (χ1) is 24.4. The van der Waals surface area contributed by atoms with Gasteiger partial charge in [-0.05, 0) is 50.7 Å². The molecular weight excluding hydrogens is 620 g/mol. The number of carbonyl (C=O) groups excluding carboxylic acids is 2. The molecule has 0 fully saturated rings. The van der Waals surface area contributed by atoms with Crippen LogP contribution in [0.15, 0.2) is 24.3 Å². The second-order valence-corrected chi connectivity index (χ2v) is 15.3. The fourth-order valence-corrected chi connectivity index (χ4v) is 6.77. The molecule has 1 aromatic rings. The molecule has 2 unspecified atom stereocenters. The van der Waals surface area contributed by atoms with E-state index in [1.807, 2.05) is 32.0 Å². The Balaban J connectivity index is 1.93. The van der Waals surface area contributed by atoms with Crippen molar-refractivity contribution < 1.29 is 19.8 Å². The molecule has 0 saturated carbocycles. The molecule has 0 radical (unpaired) electrons. The third-order valence-corrected chi connectivity index (χ3v) is 10.0. The number of amides is 2. The zero-order valence-corrected chi connectivity index (χ0v) is 32.8. The lowest BCUT2D eigenvalue weighted by Crippen LogP contribution is -2.23. The van der Waals surface area contributed by atoms with E-state index in [0.29, 0.717) is 25.9 Å². The number of aliphatic hydroxyl groups is 2. The van der Waals surface area contributed by atoms with Gasteiger partial charge in [0.1, 0.15) is 0 Å². The van der Waals surface area contributed by atoms with Crippen molar-refractivity contribution in [2.24, 2.45) is 0 Å². The number of unbranched alkanes of at least 4 members (excludes halogenated alkanes) is 24. The van der Waals surface area contributed by atoms with Crippen molar-refractivity contribution in [3.05, 3.63) is 35.4 Å². The van der Waals surface area contributed by atoms with E-state index in [4.69, 9.17) is 0 Å². The van der Waals surface area contributed by atoms with Crippen LogP contribution in [0.4, 0.5) is 0 Å². The van der Waals surface area contributed by atoms with Gasteiger partial charge in [0.05, 0.1) is 12.2 Å². The third kappa shape index (κ3) is 32.0.